The van der Waals surface area contributed by atoms with E-state index >= 15 is 0 Å². The van der Waals surface area contributed by atoms with Gasteiger partial charge >= 0.3 is 0 Å². The van der Waals surface area contributed by atoms with E-state index in [9.17, 15) is 0 Å². The number of hydrazine groups is 1. The van der Waals surface area contributed by atoms with Crippen LogP contribution in [0.2, 0.25) is 0 Å². The summed E-state index contributed by atoms with van der Waals surface area (Å²) in [5.41, 5.74) is 3.44. The fourth-order valence-electron chi connectivity index (χ4n) is 3.68. The fraction of sp³-hybridized carbons (Fsp3) is 0.529. The number of hydrogen-bond acceptors (Lipinski definition) is 4. The van der Waals surface area contributed by atoms with E-state index in [1.807, 2.05) is 18.2 Å². The maximum atomic E-state index is 6.19. The summed E-state index contributed by atoms with van der Waals surface area (Å²) < 4.78 is 12.2. The molecule has 0 saturated carbocycles. The van der Waals surface area contributed by atoms with Gasteiger partial charge in [-0.1, -0.05) is 18.2 Å². The van der Waals surface area contributed by atoms with Crippen molar-refractivity contribution in [1.29, 1.82) is 0 Å². The Balaban J connectivity index is 1.98. The van der Waals surface area contributed by atoms with E-state index in [2.05, 4.69) is 45.3 Å². The van der Waals surface area contributed by atoms with Crippen molar-refractivity contribution in [1.82, 2.24) is 5.43 Å². The van der Waals surface area contributed by atoms with Crippen molar-refractivity contribution >= 4 is 11.0 Å². The van der Waals surface area contributed by atoms with Crippen LogP contribution in [0.5, 0.6) is 0 Å². The largest absolute Gasteiger partial charge is 0.459 e. The van der Waals surface area contributed by atoms with Gasteiger partial charge in [0.1, 0.15) is 11.3 Å². The van der Waals surface area contributed by atoms with Gasteiger partial charge in [-0.3, -0.25) is 5.84 Å². The third kappa shape index (κ3) is 2.59. The van der Waals surface area contributed by atoms with E-state index in [1.54, 1.807) is 0 Å². The number of para-hydroxylation sites is 1. The first kappa shape index (κ1) is 14.6. The summed E-state index contributed by atoms with van der Waals surface area (Å²) >= 11 is 0. The second kappa shape index (κ2) is 4.83. The molecule has 1 aliphatic heterocycles. The Morgan fingerprint density at radius 3 is 2.52 bits per heavy atom. The van der Waals surface area contributed by atoms with Gasteiger partial charge in [0, 0.05) is 11.3 Å². The number of hydrogen-bond donors (Lipinski definition) is 2. The molecule has 1 fully saturated rings. The predicted molar refractivity (Wildman–Crippen MR) is 83.6 cm³/mol. The predicted octanol–water partition coefficient (Wildman–Crippen LogP) is 3.53. The smallest absolute Gasteiger partial charge is 0.134 e. The molecular weight excluding hydrogens is 264 g/mol. The van der Waals surface area contributed by atoms with Gasteiger partial charge in [0.25, 0.3) is 0 Å². The summed E-state index contributed by atoms with van der Waals surface area (Å²) in [6, 6.07) is 10.0. The first-order valence-corrected chi connectivity index (χ1v) is 7.47. The Morgan fingerprint density at radius 1 is 1.24 bits per heavy atom. The lowest BCUT2D eigenvalue weighted by Gasteiger charge is -2.31. The molecule has 21 heavy (non-hydrogen) atoms. The first-order chi connectivity index (χ1) is 9.82. The van der Waals surface area contributed by atoms with E-state index < -0.39 is 0 Å². The van der Waals surface area contributed by atoms with E-state index in [0.29, 0.717) is 0 Å². The maximum Gasteiger partial charge on any atom is 0.134 e. The van der Waals surface area contributed by atoms with Crippen LogP contribution in [0, 0.1) is 5.92 Å². The van der Waals surface area contributed by atoms with Crippen molar-refractivity contribution in [3.8, 4) is 0 Å². The highest BCUT2D eigenvalue weighted by atomic mass is 16.5. The summed E-state index contributed by atoms with van der Waals surface area (Å²) in [4.78, 5) is 0. The van der Waals surface area contributed by atoms with Crippen molar-refractivity contribution in [2.45, 2.75) is 51.4 Å². The van der Waals surface area contributed by atoms with Crippen molar-refractivity contribution in [2.24, 2.45) is 11.8 Å². The van der Waals surface area contributed by atoms with Crippen LogP contribution in [0.25, 0.3) is 11.0 Å². The Kier molecular flexibility index (Phi) is 3.35. The molecule has 4 nitrogen and oxygen atoms in total. The highest BCUT2D eigenvalue weighted by molar-refractivity contribution is 5.77. The molecule has 3 N–H and O–H groups in total. The number of nitrogens with one attached hydrogen (secondary N) is 1. The molecule has 1 aromatic carbocycles. The molecule has 1 aromatic heterocycles. The first-order valence-electron chi connectivity index (χ1n) is 7.47. The molecule has 1 saturated heterocycles. The zero-order chi connectivity index (χ0) is 15.3. The molecule has 0 aliphatic carbocycles. The van der Waals surface area contributed by atoms with Gasteiger partial charge in [-0.05, 0) is 46.2 Å². The topological polar surface area (TPSA) is 60.4 Å². The average molecular weight is 288 g/mol. The van der Waals surface area contributed by atoms with Crippen LogP contribution in [0.15, 0.2) is 34.7 Å². The minimum Gasteiger partial charge on any atom is -0.459 e. The van der Waals surface area contributed by atoms with Gasteiger partial charge in [0.15, 0.2) is 0 Å². The van der Waals surface area contributed by atoms with E-state index in [-0.39, 0.29) is 23.2 Å². The number of nitrogens with two attached hydrogens (primary N) is 1. The lowest BCUT2D eigenvalue weighted by molar-refractivity contribution is -0.0784. The summed E-state index contributed by atoms with van der Waals surface area (Å²) in [5, 5.41) is 1.10. The van der Waals surface area contributed by atoms with Crippen LogP contribution >= 0.6 is 0 Å². The highest BCUT2D eigenvalue weighted by Crippen LogP contribution is 2.47. The second-order valence-corrected chi connectivity index (χ2v) is 7.11. The molecule has 4 heteroatoms. The van der Waals surface area contributed by atoms with Gasteiger partial charge < -0.3 is 9.15 Å². The van der Waals surface area contributed by atoms with Crippen molar-refractivity contribution in [3.63, 3.8) is 0 Å². The zero-order valence-corrected chi connectivity index (χ0v) is 13.1. The number of rotatable bonds is 3. The third-order valence-corrected chi connectivity index (χ3v) is 4.48. The Morgan fingerprint density at radius 2 is 1.95 bits per heavy atom. The van der Waals surface area contributed by atoms with Gasteiger partial charge in [0.05, 0.1) is 17.2 Å². The third-order valence-electron chi connectivity index (χ3n) is 4.48. The molecule has 2 unspecified atom stereocenters. The van der Waals surface area contributed by atoms with Crippen molar-refractivity contribution < 1.29 is 9.15 Å². The number of benzene rings is 1. The summed E-state index contributed by atoms with van der Waals surface area (Å²) in [7, 11) is 0. The van der Waals surface area contributed by atoms with Gasteiger partial charge in [-0.2, -0.15) is 0 Å². The molecule has 114 valence electrons. The Labute approximate surface area is 125 Å². The summed E-state index contributed by atoms with van der Waals surface area (Å²) in [6.07, 6.45) is 0.936. The quantitative estimate of drug-likeness (QED) is 0.670. The molecule has 1 aliphatic rings. The molecular formula is C17H24N2O2. The molecule has 3 rings (SSSR count). The number of ether oxygens (including phenoxy) is 1. The summed E-state index contributed by atoms with van der Waals surface area (Å²) in [6.45, 7) is 8.50. The molecule has 0 spiro atoms. The molecule has 2 aromatic rings. The van der Waals surface area contributed by atoms with Gasteiger partial charge in [-0.25, -0.2) is 5.43 Å². The SMILES string of the molecule is CC1(C)CC(C(NN)c2cc3ccccc3o2)C(C)(C)O1. The van der Waals surface area contributed by atoms with Crippen LogP contribution in [-0.4, -0.2) is 11.2 Å². The Bertz CT molecular complexity index is 612. The molecule has 0 bridgehead atoms. The van der Waals surface area contributed by atoms with Gasteiger partial charge in [0.2, 0.25) is 0 Å². The standard InChI is InChI=1S/C17H24N2O2/c1-16(2)10-12(17(3,4)21-16)15(19-18)14-9-11-7-5-6-8-13(11)20-14/h5-9,12,15,19H,10,18H2,1-4H3. The number of fused-ring (bicyclic) bond motifs is 1. The minimum atomic E-state index is -0.250. The molecule has 2 heterocycles. The Hall–Kier alpha value is -1.36. The lowest BCUT2D eigenvalue weighted by Crippen LogP contribution is -2.41. The maximum absolute atomic E-state index is 6.19. The average Bonchev–Trinajstić information content (AvgIpc) is 2.88. The molecule has 0 radical (unpaired) electrons. The fourth-order valence-corrected chi connectivity index (χ4v) is 3.68. The minimum absolute atomic E-state index is 0.0609. The molecule has 2 atom stereocenters. The zero-order valence-electron chi connectivity index (χ0n) is 13.1. The van der Waals surface area contributed by atoms with E-state index in [4.69, 9.17) is 15.0 Å². The monoisotopic (exact) mass is 288 g/mol. The molecule has 0 amide bonds. The van der Waals surface area contributed by atoms with E-state index in [0.717, 1.165) is 23.2 Å². The summed E-state index contributed by atoms with van der Waals surface area (Å²) in [5.74, 6) is 6.97. The van der Waals surface area contributed by atoms with Crippen LogP contribution < -0.4 is 11.3 Å². The van der Waals surface area contributed by atoms with E-state index in [1.165, 1.54) is 0 Å². The van der Waals surface area contributed by atoms with Crippen LogP contribution in [0.4, 0.5) is 0 Å². The second-order valence-electron chi connectivity index (χ2n) is 7.11. The lowest BCUT2D eigenvalue weighted by atomic mass is 9.81. The normalized spacial score (nSPS) is 25.3. The highest BCUT2D eigenvalue weighted by Gasteiger charge is 2.50. The van der Waals surface area contributed by atoms with Crippen molar-refractivity contribution in [2.75, 3.05) is 0 Å². The van der Waals surface area contributed by atoms with Crippen LogP contribution in [-0.2, 0) is 4.74 Å². The van der Waals surface area contributed by atoms with Gasteiger partial charge in [-0.15, -0.1) is 0 Å². The number of furan rings is 1. The van der Waals surface area contributed by atoms with Crippen molar-refractivity contribution in [3.05, 3.63) is 36.1 Å². The van der Waals surface area contributed by atoms with Crippen LogP contribution in [0.1, 0.15) is 45.9 Å². The van der Waals surface area contributed by atoms with Crippen LogP contribution in [0.3, 0.4) is 0 Å².